The van der Waals surface area contributed by atoms with Crippen LogP contribution in [0, 0.1) is 0 Å². The minimum atomic E-state index is 0. The van der Waals surface area contributed by atoms with Crippen LogP contribution in [0.15, 0.2) is 0 Å². The molecule has 0 saturated carbocycles. The summed E-state index contributed by atoms with van der Waals surface area (Å²) in [4.78, 5) is 0. The number of hydrogen-bond donors (Lipinski definition) is 1. The van der Waals surface area contributed by atoms with Crippen molar-refractivity contribution in [3.63, 3.8) is 0 Å². The quantitative estimate of drug-likeness (QED) is 0.563. The fourth-order valence-electron chi connectivity index (χ4n) is 1.63. The van der Waals surface area contributed by atoms with Crippen LogP contribution in [0.2, 0.25) is 0 Å². The summed E-state index contributed by atoms with van der Waals surface area (Å²) in [5.41, 5.74) is 5.42. The Hall–Kier alpha value is -0.120. The van der Waals surface area contributed by atoms with Crippen LogP contribution >= 0.6 is 0 Å². The molecule has 0 radical (unpaired) electrons. The summed E-state index contributed by atoms with van der Waals surface area (Å²) >= 11 is 0. The van der Waals surface area contributed by atoms with Crippen molar-refractivity contribution in [1.29, 1.82) is 0 Å². The van der Waals surface area contributed by atoms with Gasteiger partial charge in [0.05, 0.1) is 0 Å². The third kappa shape index (κ3) is 20.1. The Morgan fingerprint density at radius 2 is 0.933 bits per heavy atom. The zero-order valence-electron chi connectivity index (χ0n) is 10.4. The summed E-state index contributed by atoms with van der Waals surface area (Å²) < 4.78 is 0. The molecule has 15 heavy (non-hydrogen) atoms. The first-order valence-electron chi connectivity index (χ1n) is 6.12. The molecule has 0 saturated heterocycles. The number of unbranched alkanes of at least 4 members (excludes halogenated alkanes) is 9. The normalized spacial score (nSPS) is 9.20. The molecule has 0 atom stereocenters. The smallest absolute Gasteiger partial charge is 0.00773 e. The van der Waals surface area contributed by atoms with E-state index in [2.05, 4.69) is 6.92 Å². The average molecular weight is 221 g/mol. The van der Waals surface area contributed by atoms with Crippen molar-refractivity contribution in [3.8, 4) is 0 Å². The van der Waals surface area contributed by atoms with Crippen LogP contribution in [-0.2, 0) is 0 Å². The molecule has 0 fully saturated rings. The first-order chi connectivity index (χ1) is 6.41. The Morgan fingerprint density at radius 1 is 0.600 bits per heavy atom. The van der Waals surface area contributed by atoms with Gasteiger partial charge in [0.2, 0.25) is 0 Å². The van der Waals surface area contributed by atoms with Crippen LogP contribution < -0.4 is 5.73 Å². The van der Waals surface area contributed by atoms with Crippen LogP contribution in [-0.4, -0.2) is 17.5 Å². The van der Waals surface area contributed by atoms with Crippen molar-refractivity contribution in [3.05, 3.63) is 0 Å². The highest BCUT2D eigenvalue weighted by Gasteiger charge is 1.90. The van der Waals surface area contributed by atoms with Crippen molar-refractivity contribution < 1.29 is 11.0 Å². The predicted octanol–water partition coefficient (Wildman–Crippen LogP) is 2.22. The van der Waals surface area contributed by atoms with Crippen LogP contribution in [0.3, 0.4) is 0 Å². The van der Waals surface area contributed by atoms with Gasteiger partial charge in [0, 0.05) is 0 Å². The molecule has 0 aliphatic rings. The number of nitrogens with two attached hydrogens (primary N) is 1. The predicted molar refractivity (Wildman–Crippen MR) is 68.1 cm³/mol. The molecule has 0 rings (SSSR count). The first-order valence-corrected chi connectivity index (χ1v) is 6.12. The zero-order chi connectivity index (χ0) is 9.78. The summed E-state index contributed by atoms with van der Waals surface area (Å²) in [7, 11) is 0. The molecule has 0 aliphatic carbocycles. The summed E-state index contributed by atoms with van der Waals surface area (Å²) in [6.07, 6.45) is 13.9. The van der Waals surface area contributed by atoms with Gasteiger partial charge in [-0.25, -0.2) is 0 Å². The van der Waals surface area contributed by atoms with E-state index in [0.29, 0.717) is 0 Å². The highest BCUT2D eigenvalue weighted by atomic mass is 16.0. The topological polar surface area (TPSA) is 89.0 Å². The largest absolute Gasteiger partial charge is 0.412 e. The van der Waals surface area contributed by atoms with Crippen molar-refractivity contribution in [2.45, 2.75) is 71.1 Å². The van der Waals surface area contributed by atoms with E-state index in [1.165, 1.54) is 64.2 Å². The van der Waals surface area contributed by atoms with E-state index in [0.717, 1.165) is 6.54 Å². The third-order valence-corrected chi connectivity index (χ3v) is 2.56. The van der Waals surface area contributed by atoms with Gasteiger partial charge in [0.25, 0.3) is 0 Å². The molecular formula is C12H31NO2. The SMILES string of the molecule is CCCCCCCCCCCCN.O.O. The highest BCUT2D eigenvalue weighted by molar-refractivity contribution is 4.47. The standard InChI is InChI=1S/C12H27N.2H2O/c1-2-3-4-5-6-7-8-9-10-11-12-13;;/h2-13H2,1H3;2*1H2. The summed E-state index contributed by atoms with van der Waals surface area (Å²) in [5.74, 6) is 0. The van der Waals surface area contributed by atoms with E-state index >= 15 is 0 Å². The fraction of sp³-hybridized carbons (Fsp3) is 1.00. The molecule has 0 amide bonds. The lowest BCUT2D eigenvalue weighted by Crippen LogP contribution is -1.97. The molecule has 96 valence electrons. The summed E-state index contributed by atoms with van der Waals surface area (Å²) in [6, 6.07) is 0. The Morgan fingerprint density at radius 3 is 1.27 bits per heavy atom. The molecule has 0 bridgehead atoms. The molecule has 3 nitrogen and oxygen atoms in total. The molecule has 6 N–H and O–H groups in total. The second-order valence-electron chi connectivity index (χ2n) is 3.97. The summed E-state index contributed by atoms with van der Waals surface area (Å²) in [6.45, 7) is 3.14. The zero-order valence-corrected chi connectivity index (χ0v) is 10.4. The van der Waals surface area contributed by atoms with Crippen molar-refractivity contribution in [2.75, 3.05) is 6.54 Å². The first kappa shape index (κ1) is 20.3. The third-order valence-electron chi connectivity index (χ3n) is 2.56. The van der Waals surface area contributed by atoms with Gasteiger partial charge in [-0.3, -0.25) is 0 Å². The Bertz CT molecular complexity index is 79.7. The van der Waals surface area contributed by atoms with E-state index in [1.807, 2.05) is 0 Å². The van der Waals surface area contributed by atoms with Gasteiger partial charge in [-0.2, -0.15) is 0 Å². The molecule has 0 spiro atoms. The van der Waals surface area contributed by atoms with E-state index in [4.69, 9.17) is 5.73 Å². The van der Waals surface area contributed by atoms with Crippen LogP contribution in [0.5, 0.6) is 0 Å². The van der Waals surface area contributed by atoms with Gasteiger partial charge in [-0.15, -0.1) is 0 Å². The molecule has 0 aromatic rings. The minimum absolute atomic E-state index is 0. The number of rotatable bonds is 10. The lowest BCUT2D eigenvalue weighted by atomic mass is 10.1. The highest BCUT2D eigenvalue weighted by Crippen LogP contribution is 2.09. The molecule has 0 heterocycles. The van der Waals surface area contributed by atoms with Gasteiger partial charge in [0.15, 0.2) is 0 Å². The van der Waals surface area contributed by atoms with Crippen molar-refractivity contribution >= 4 is 0 Å². The molecule has 0 unspecified atom stereocenters. The fourth-order valence-corrected chi connectivity index (χ4v) is 1.63. The molecule has 3 heteroatoms. The Kier molecular flexibility index (Phi) is 26.3. The monoisotopic (exact) mass is 221 g/mol. The lowest BCUT2D eigenvalue weighted by Gasteiger charge is -2.00. The molecular weight excluding hydrogens is 190 g/mol. The molecule has 0 aromatic carbocycles. The lowest BCUT2D eigenvalue weighted by molar-refractivity contribution is 0.558. The molecule has 0 aliphatic heterocycles. The van der Waals surface area contributed by atoms with Gasteiger partial charge >= 0.3 is 0 Å². The maximum absolute atomic E-state index is 5.42. The van der Waals surface area contributed by atoms with Gasteiger partial charge in [-0.05, 0) is 13.0 Å². The average Bonchev–Trinajstić information content (AvgIpc) is 2.16. The van der Waals surface area contributed by atoms with Gasteiger partial charge < -0.3 is 16.7 Å². The van der Waals surface area contributed by atoms with Crippen molar-refractivity contribution in [2.24, 2.45) is 5.73 Å². The van der Waals surface area contributed by atoms with E-state index < -0.39 is 0 Å². The van der Waals surface area contributed by atoms with Crippen LogP contribution in [0.1, 0.15) is 71.1 Å². The second kappa shape index (κ2) is 19.5. The summed E-state index contributed by atoms with van der Waals surface area (Å²) in [5, 5.41) is 0. The van der Waals surface area contributed by atoms with E-state index in [-0.39, 0.29) is 11.0 Å². The maximum atomic E-state index is 5.42. The molecule has 0 aromatic heterocycles. The second-order valence-corrected chi connectivity index (χ2v) is 3.97. The van der Waals surface area contributed by atoms with Crippen molar-refractivity contribution in [1.82, 2.24) is 0 Å². The van der Waals surface area contributed by atoms with Crippen LogP contribution in [0.25, 0.3) is 0 Å². The van der Waals surface area contributed by atoms with E-state index in [1.54, 1.807) is 0 Å². The van der Waals surface area contributed by atoms with E-state index in [9.17, 15) is 0 Å². The van der Waals surface area contributed by atoms with Gasteiger partial charge in [-0.1, -0.05) is 64.7 Å². The Labute approximate surface area is 95.1 Å². The van der Waals surface area contributed by atoms with Crippen LogP contribution in [0.4, 0.5) is 0 Å². The number of hydrogen-bond acceptors (Lipinski definition) is 1. The minimum Gasteiger partial charge on any atom is -0.412 e. The maximum Gasteiger partial charge on any atom is -0.00773 e. The Balaban J connectivity index is -0.000000720. The van der Waals surface area contributed by atoms with Gasteiger partial charge in [0.1, 0.15) is 0 Å².